The molecule has 0 amide bonds. The summed E-state index contributed by atoms with van der Waals surface area (Å²) in [7, 11) is 0. The molecule has 1 aromatic carbocycles. The molecule has 130 valence electrons. The molecule has 0 aliphatic rings. The largest absolute Gasteiger partial charge is 0.329 e. The predicted octanol–water partition coefficient (Wildman–Crippen LogP) is 5.22. The highest BCUT2D eigenvalue weighted by Gasteiger charge is 2.07. The third-order valence-electron chi connectivity index (χ3n) is 3.45. The van der Waals surface area contributed by atoms with Crippen molar-refractivity contribution >= 4 is 48.0 Å². The van der Waals surface area contributed by atoms with Crippen molar-refractivity contribution < 1.29 is 0 Å². The van der Waals surface area contributed by atoms with Crippen molar-refractivity contribution in [3.8, 4) is 5.69 Å². The molecular weight excluding hydrogens is 390 g/mol. The third kappa shape index (κ3) is 4.67. The number of halogens is 4. The Morgan fingerprint density at radius 1 is 1.08 bits per heavy atom. The smallest absolute Gasteiger partial charge is 0.108 e. The van der Waals surface area contributed by atoms with Crippen LogP contribution in [-0.2, 0) is 13.0 Å². The van der Waals surface area contributed by atoms with Gasteiger partial charge >= 0.3 is 0 Å². The van der Waals surface area contributed by atoms with Gasteiger partial charge in [0.1, 0.15) is 5.82 Å². The molecule has 2 heterocycles. The highest BCUT2D eigenvalue weighted by atomic mass is 35.5. The Hall–Kier alpha value is -1.20. The van der Waals surface area contributed by atoms with Crippen molar-refractivity contribution in [3.05, 3.63) is 64.7 Å². The van der Waals surface area contributed by atoms with Crippen molar-refractivity contribution in [3.63, 3.8) is 0 Å². The molecule has 0 saturated carbocycles. The van der Waals surface area contributed by atoms with Crippen molar-refractivity contribution in [1.29, 1.82) is 0 Å². The third-order valence-corrected chi connectivity index (χ3v) is 4.18. The van der Waals surface area contributed by atoms with Crippen molar-refractivity contribution in [2.45, 2.75) is 26.3 Å². The standard InChI is InChI=1S/C16H16Cl2N4.2ClH/c1-2-3-16-19-6-7-21(16)9-12-10-22(11-20-12)13-4-5-14(17)15(18)8-13;;/h4-8,10-11H,2-3,9H2,1H3;2*1H. The van der Waals surface area contributed by atoms with Gasteiger partial charge in [0.15, 0.2) is 0 Å². The summed E-state index contributed by atoms with van der Waals surface area (Å²) in [5, 5.41) is 1.09. The van der Waals surface area contributed by atoms with Crippen molar-refractivity contribution in [1.82, 2.24) is 19.1 Å². The first kappa shape index (κ1) is 20.8. The van der Waals surface area contributed by atoms with Gasteiger partial charge in [0.05, 0.1) is 28.6 Å². The summed E-state index contributed by atoms with van der Waals surface area (Å²) >= 11 is 12.0. The average Bonchev–Trinajstić information content (AvgIpc) is 3.13. The minimum atomic E-state index is 0. The highest BCUT2D eigenvalue weighted by molar-refractivity contribution is 6.42. The van der Waals surface area contributed by atoms with Gasteiger partial charge in [-0.05, 0) is 24.6 Å². The van der Waals surface area contributed by atoms with E-state index in [2.05, 4.69) is 21.5 Å². The molecule has 24 heavy (non-hydrogen) atoms. The summed E-state index contributed by atoms with van der Waals surface area (Å²) in [6, 6.07) is 5.53. The van der Waals surface area contributed by atoms with E-state index in [1.807, 2.05) is 35.3 Å². The van der Waals surface area contributed by atoms with Crippen LogP contribution in [0, 0.1) is 0 Å². The summed E-state index contributed by atoms with van der Waals surface area (Å²) in [4.78, 5) is 8.84. The van der Waals surface area contributed by atoms with Gasteiger partial charge in [-0.2, -0.15) is 0 Å². The lowest BCUT2D eigenvalue weighted by molar-refractivity contribution is 0.695. The zero-order valence-electron chi connectivity index (χ0n) is 13.0. The van der Waals surface area contributed by atoms with Gasteiger partial charge in [-0.25, -0.2) is 9.97 Å². The van der Waals surface area contributed by atoms with E-state index in [0.29, 0.717) is 16.6 Å². The Kier molecular flexibility index (Phi) is 8.10. The minimum Gasteiger partial charge on any atom is -0.329 e. The summed E-state index contributed by atoms with van der Waals surface area (Å²) in [6.07, 6.45) is 9.65. The van der Waals surface area contributed by atoms with E-state index < -0.39 is 0 Å². The van der Waals surface area contributed by atoms with Gasteiger partial charge in [0.2, 0.25) is 0 Å². The van der Waals surface area contributed by atoms with Crippen LogP contribution in [0.5, 0.6) is 0 Å². The van der Waals surface area contributed by atoms with E-state index >= 15 is 0 Å². The fraction of sp³-hybridized carbons (Fsp3) is 0.250. The van der Waals surface area contributed by atoms with Crippen LogP contribution < -0.4 is 0 Å². The zero-order chi connectivity index (χ0) is 15.5. The number of hydrogen-bond acceptors (Lipinski definition) is 2. The van der Waals surface area contributed by atoms with Gasteiger partial charge in [0.25, 0.3) is 0 Å². The highest BCUT2D eigenvalue weighted by Crippen LogP contribution is 2.24. The predicted molar refractivity (Wildman–Crippen MR) is 103 cm³/mol. The van der Waals surface area contributed by atoms with Crippen LogP contribution >= 0.6 is 48.0 Å². The first-order chi connectivity index (χ1) is 10.7. The maximum Gasteiger partial charge on any atom is 0.108 e. The second kappa shape index (κ2) is 9.33. The number of benzene rings is 1. The van der Waals surface area contributed by atoms with Gasteiger partial charge in [-0.3, -0.25) is 0 Å². The molecule has 8 heteroatoms. The minimum absolute atomic E-state index is 0. The molecule has 0 atom stereocenters. The van der Waals surface area contributed by atoms with Crippen LogP contribution in [0.2, 0.25) is 10.0 Å². The van der Waals surface area contributed by atoms with Crippen LogP contribution in [0.15, 0.2) is 43.1 Å². The molecular formula is C16H18Cl4N4. The number of aromatic nitrogens is 4. The number of hydrogen-bond donors (Lipinski definition) is 0. The summed E-state index contributed by atoms with van der Waals surface area (Å²) in [6.45, 7) is 2.86. The molecule has 0 unspecified atom stereocenters. The Bertz CT molecular complexity index is 782. The van der Waals surface area contributed by atoms with E-state index in [1.165, 1.54) is 0 Å². The monoisotopic (exact) mass is 406 g/mol. The summed E-state index contributed by atoms with van der Waals surface area (Å²) in [5.74, 6) is 1.09. The van der Waals surface area contributed by atoms with Gasteiger partial charge in [0, 0.05) is 30.7 Å². The first-order valence-electron chi connectivity index (χ1n) is 7.15. The van der Waals surface area contributed by atoms with Gasteiger partial charge in [-0.15, -0.1) is 24.8 Å². The number of imidazole rings is 2. The Morgan fingerprint density at radius 2 is 1.88 bits per heavy atom. The maximum atomic E-state index is 6.06. The molecule has 0 bridgehead atoms. The molecule has 0 aliphatic carbocycles. The quantitative estimate of drug-likeness (QED) is 0.581. The molecule has 0 N–H and O–H groups in total. The Labute approximate surface area is 163 Å². The van der Waals surface area contributed by atoms with E-state index in [4.69, 9.17) is 23.2 Å². The lowest BCUT2D eigenvalue weighted by atomic mass is 10.3. The molecule has 0 saturated heterocycles. The molecule has 0 aliphatic heterocycles. The van der Waals surface area contributed by atoms with Crippen molar-refractivity contribution in [2.75, 3.05) is 0 Å². The zero-order valence-corrected chi connectivity index (χ0v) is 16.2. The van der Waals surface area contributed by atoms with Crippen LogP contribution in [0.3, 0.4) is 0 Å². The number of aryl methyl sites for hydroxylation is 1. The first-order valence-corrected chi connectivity index (χ1v) is 7.91. The number of rotatable bonds is 5. The normalized spacial score (nSPS) is 10.1. The topological polar surface area (TPSA) is 35.6 Å². The lowest BCUT2D eigenvalue weighted by Gasteiger charge is -2.05. The van der Waals surface area contributed by atoms with Crippen LogP contribution in [0.1, 0.15) is 24.9 Å². The average molecular weight is 408 g/mol. The van der Waals surface area contributed by atoms with Gasteiger partial charge in [-0.1, -0.05) is 30.1 Å². The second-order valence-electron chi connectivity index (χ2n) is 5.09. The lowest BCUT2D eigenvalue weighted by Crippen LogP contribution is -2.04. The van der Waals surface area contributed by atoms with E-state index in [1.54, 1.807) is 12.4 Å². The molecule has 3 rings (SSSR count). The fourth-order valence-electron chi connectivity index (χ4n) is 2.34. The molecule has 4 nitrogen and oxygen atoms in total. The second-order valence-corrected chi connectivity index (χ2v) is 5.91. The van der Waals surface area contributed by atoms with Crippen LogP contribution in [0.4, 0.5) is 0 Å². The Balaban J connectivity index is 0.00000144. The summed E-state index contributed by atoms with van der Waals surface area (Å²) < 4.78 is 4.07. The fourth-order valence-corrected chi connectivity index (χ4v) is 2.63. The van der Waals surface area contributed by atoms with E-state index in [-0.39, 0.29) is 24.8 Å². The van der Waals surface area contributed by atoms with E-state index in [0.717, 1.165) is 30.0 Å². The number of nitrogens with zero attached hydrogens (tertiary/aromatic N) is 4. The van der Waals surface area contributed by atoms with Crippen LogP contribution in [0.25, 0.3) is 5.69 Å². The van der Waals surface area contributed by atoms with Crippen molar-refractivity contribution in [2.24, 2.45) is 0 Å². The molecule has 0 spiro atoms. The molecule has 2 aromatic heterocycles. The Morgan fingerprint density at radius 3 is 2.58 bits per heavy atom. The van der Waals surface area contributed by atoms with Crippen LogP contribution in [-0.4, -0.2) is 19.1 Å². The van der Waals surface area contributed by atoms with E-state index in [9.17, 15) is 0 Å². The van der Waals surface area contributed by atoms with Gasteiger partial charge < -0.3 is 9.13 Å². The SMILES string of the molecule is CCCc1nccn1Cc1cn(-c2ccc(Cl)c(Cl)c2)cn1.Cl.Cl. The molecule has 3 aromatic rings. The summed E-state index contributed by atoms with van der Waals surface area (Å²) in [5.41, 5.74) is 1.91. The maximum absolute atomic E-state index is 6.06. The molecule has 0 fully saturated rings. The molecule has 0 radical (unpaired) electrons.